The van der Waals surface area contributed by atoms with Crippen LogP contribution < -0.4 is 10.1 Å². The Labute approximate surface area is 103 Å². The Morgan fingerprint density at radius 1 is 1.53 bits per heavy atom. The predicted octanol–water partition coefficient (Wildman–Crippen LogP) is 1.84. The fourth-order valence-corrected chi connectivity index (χ4v) is 2.54. The van der Waals surface area contributed by atoms with Crippen LogP contribution in [0.15, 0.2) is 0 Å². The number of rotatable bonds is 5. The van der Waals surface area contributed by atoms with E-state index in [1.54, 1.807) is 7.11 Å². The van der Waals surface area contributed by atoms with Crippen LogP contribution in [0.25, 0.3) is 0 Å². The zero-order valence-electron chi connectivity index (χ0n) is 11.4. The third kappa shape index (κ3) is 2.46. The van der Waals surface area contributed by atoms with Crippen molar-refractivity contribution in [2.45, 2.75) is 39.2 Å². The molecular weight excluding hydrogens is 214 g/mol. The first kappa shape index (κ1) is 12.4. The van der Waals surface area contributed by atoms with Gasteiger partial charge in [0.2, 0.25) is 5.88 Å². The molecule has 0 aliphatic heterocycles. The summed E-state index contributed by atoms with van der Waals surface area (Å²) in [6, 6.07) is 0.563. The Balaban J connectivity index is 2.05. The number of nitrogens with one attached hydrogen (secondary N) is 1. The van der Waals surface area contributed by atoms with Crippen LogP contribution >= 0.6 is 0 Å². The Bertz CT molecular complexity index is 398. The summed E-state index contributed by atoms with van der Waals surface area (Å²) in [4.78, 5) is 0. The molecule has 0 spiro atoms. The molecule has 17 heavy (non-hydrogen) atoms. The largest absolute Gasteiger partial charge is 0.481 e. The average molecular weight is 237 g/mol. The third-order valence-electron chi connectivity index (χ3n) is 3.49. The van der Waals surface area contributed by atoms with E-state index in [1.807, 2.05) is 11.7 Å². The lowest BCUT2D eigenvalue weighted by Gasteiger charge is -2.08. The van der Waals surface area contributed by atoms with Gasteiger partial charge in [-0.25, -0.2) is 4.68 Å². The minimum atomic E-state index is 0.563. The highest BCUT2D eigenvalue weighted by atomic mass is 16.5. The van der Waals surface area contributed by atoms with E-state index in [1.165, 1.54) is 12.0 Å². The smallest absolute Gasteiger partial charge is 0.215 e. The van der Waals surface area contributed by atoms with Gasteiger partial charge < -0.3 is 10.1 Å². The van der Waals surface area contributed by atoms with Gasteiger partial charge in [0.05, 0.1) is 12.8 Å². The minimum Gasteiger partial charge on any atom is -0.481 e. The minimum absolute atomic E-state index is 0.563. The molecule has 0 radical (unpaired) electrons. The van der Waals surface area contributed by atoms with Crippen LogP contribution in [0.3, 0.4) is 0 Å². The van der Waals surface area contributed by atoms with Gasteiger partial charge in [0.1, 0.15) is 0 Å². The Hall–Kier alpha value is -1.03. The summed E-state index contributed by atoms with van der Waals surface area (Å²) in [5, 5.41) is 7.95. The van der Waals surface area contributed by atoms with E-state index in [2.05, 4.69) is 31.2 Å². The maximum atomic E-state index is 5.45. The summed E-state index contributed by atoms with van der Waals surface area (Å²) in [6.45, 7) is 7.55. The van der Waals surface area contributed by atoms with Crippen LogP contribution in [0.2, 0.25) is 0 Å². The molecule has 1 aliphatic rings. The van der Waals surface area contributed by atoms with Gasteiger partial charge in [-0.2, -0.15) is 5.10 Å². The van der Waals surface area contributed by atoms with Gasteiger partial charge in [0.15, 0.2) is 0 Å². The average Bonchev–Trinajstić information content (AvgIpc) is 2.95. The van der Waals surface area contributed by atoms with Gasteiger partial charge in [0, 0.05) is 18.7 Å². The molecule has 1 aromatic rings. The molecule has 1 saturated carbocycles. The van der Waals surface area contributed by atoms with Gasteiger partial charge in [-0.1, -0.05) is 13.8 Å². The number of aryl methyl sites for hydroxylation is 2. The highest BCUT2D eigenvalue weighted by Gasteiger charge is 2.42. The second kappa shape index (κ2) is 4.69. The van der Waals surface area contributed by atoms with E-state index in [0.29, 0.717) is 12.0 Å². The topological polar surface area (TPSA) is 39.1 Å². The van der Waals surface area contributed by atoms with Crippen LogP contribution in [-0.2, 0) is 7.05 Å². The van der Waals surface area contributed by atoms with Crippen LogP contribution in [0.4, 0.5) is 0 Å². The molecular formula is C13H23N3O. The summed E-state index contributed by atoms with van der Waals surface area (Å²) in [7, 11) is 3.67. The van der Waals surface area contributed by atoms with Crippen molar-refractivity contribution in [2.24, 2.45) is 13.0 Å². The molecule has 1 aliphatic carbocycles. The molecule has 4 heteroatoms. The molecule has 1 aromatic heterocycles. The molecule has 2 unspecified atom stereocenters. The Morgan fingerprint density at radius 2 is 2.24 bits per heavy atom. The van der Waals surface area contributed by atoms with Gasteiger partial charge in [-0.3, -0.25) is 0 Å². The van der Waals surface area contributed by atoms with E-state index in [9.17, 15) is 0 Å². The lowest BCUT2D eigenvalue weighted by molar-refractivity contribution is 0.368. The first-order valence-electron chi connectivity index (χ1n) is 6.35. The van der Waals surface area contributed by atoms with Crippen molar-refractivity contribution in [3.05, 3.63) is 11.3 Å². The molecule has 1 N–H and O–H groups in total. The lowest BCUT2D eigenvalue weighted by Crippen LogP contribution is -2.25. The van der Waals surface area contributed by atoms with E-state index in [4.69, 9.17) is 4.74 Å². The standard InChI is InChI=1S/C13H23N3O/c1-8(2)14-7-10-6-11(10)12-9(3)15-16(4)13(12)17-5/h8,10-11,14H,6-7H2,1-5H3. The van der Waals surface area contributed by atoms with Gasteiger partial charge >= 0.3 is 0 Å². The number of hydrogen-bond acceptors (Lipinski definition) is 3. The molecule has 0 amide bonds. The maximum absolute atomic E-state index is 5.45. The second-order valence-corrected chi connectivity index (χ2v) is 5.30. The molecule has 96 valence electrons. The van der Waals surface area contributed by atoms with Crippen LogP contribution in [0.1, 0.15) is 37.4 Å². The zero-order valence-corrected chi connectivity index (χ0v) is 11.4. The number of aromatic nitrogens is 2. The van der Waals surface area contributed by atoms with E-state index >= 15 is 0 Å². The highest BCUT2D eigenvalue weighted by molar-refractivity contribution is 5.38. The molecule has 2 rings (SSSR count). The quantitative estimate of drug-likeness (QED) is 0.849. The fourth-order valence-electron chi connectivity index (χ4n) is 2.54. The van der Waals surface area contributed by atoms with Crippen molar-refractivity contribution in [1.29, 1.82) is 0 Å². The maximum Gasteiger partial charge on any atom is 0.215 e. The molecule has 0 aromatic carbocycles. The first-order valence-corrected chi connectivity index (χ1v) is 6.35. The summed E-state index contributed by atoms with van der Waals surface area (Å²) in [5.74, 6) is 2.30. The lowest BCUT2D eigenvalue weighted by atomic mass is 10.1. The summed E-state index contributed by atoms with van der Waals surface area (Å²) < 4.78 is 7.30. The van der Waals surface area contributed by atoms with Crippen LogP contribution in [-0.4, -0.2) is 29.5 Å². The summed E-state index contributed by atoms with van der Waals surface area (Å²) in [6.07, 6.45) is 1.25. The molecule has 2 atom stereocenters. The number of hydrogen-bond donors (Lipinski definition) is 1. The van der Waals surface area contributed by atoms with Crippen molar-refractivity contribution in [3.8, 4) is 5.88 Å². The van der Waals surface area contributed by atoms with E-state index in [-0.39, 0.29) is 0 Å². The van der Waals surface area contributed by atoms with Crippen molar-refractivity contribution >= 4 is 0 Å². The third-order valence-corrected chi connectivity index (χ3v) is 3.49. The summed E-state index contributed by atoms with van der Waals surface area (Å²) >= 11 is 0. The van der Waals surface area contributed by atoms with Gasteiger partial charge in [-0.05, 0) is 31.7 Å². The predicted molar refractivity (Wildman–Crippen MR) is 68.5 cm³/mol. The number of nitrogens with zero attached hydrogens (tertiary/aromatic N) is 2. The van der Waals surface area contributed by atoms with Gasteiger partial charge in [-0.15, -0.1) is 0 Å². The fraction of sp³-hybridized carbons (Fsp3) is 0.769. The molecule has 1 fully saturated rings. The zero-order chi connectivity index (χ0) is 12.6. The van der Waals surface area contributed by atoms with E-state index < -0.39 is 0 Å². The second-order valence-electron chi connectivity index (χ2n) is 5.30. The Morgan fingerprint density at radius 3 is 2.82 bits per heavy atom. The summed E-state index contributed by atoms with van der Waals surface area (Å²) in [5.41, 5.74) is 2.42. The SMILES string of the molecule is COc1c(C2CC2CNC(C)C)c(C)nn1C. The highest BCUT2D eigenvalue weighted by Crippen LogP contribution is 2.51. The molecule has 0 saturated heterocycles. The number of ether oxygens (including phenoxy) is 1. The van der Waals surface area contributed by atoms with Crippen LogP contribution in [0, 0.1) is 12.8 Å². The van der Waals surface area contributed by atoms with Crippen molar-refractivity contribution in [2.75, 3.05) is 13.7 Å². The first-order chi connectivity index (χ1) is 8.04. The molecule has 4 nitrogen and oxygen atoms in total. The number of methoxy groups -OCH3 is 1. The van der Waals surface area contributed by atoms with Crippen molar-refractivity contribution in [1.82, 2.24) is 15.1 Å². The van der Waals surface area contributed by atoms with Crippen molar-refractivity contribution < 1.29 is 4.74 Å². The van der Waals surface area contributed by atoms with Crippen molar-refractivity contribution in [3.63, 3.8) is 0 Å². The van der Waals surface area contributed by atoms with Gasteiger partial charge in [0.25, 0.3) is 0 Å². The monoisotopic (exact) mass is 237 g/mol. The Kier molecular flexibility index (Phi) is 3.43. The molecule has 0 bridgehead atoms. The van der Waals surface area contributed by atoms with Crippen LogP contribution in [0.5, 0.6) is 5.88 Å². The van der Waals surface area contributed by atoms with E-state index in [0.717, 1.165) is 24.0 Å². The normalized spacial score (nSPS) is 23.2. The molecule has 1 heterocycles.